The molecule has 0 aliphatic rings. The fourth-order valence-corrected chi connectivity index (χ4v) is 3.42. The van der Waals surface area contributed by atoms with E-state index in [9.17, 15) is 8.42 Å². The third-order valence-corrected chi connectivity index (χ3v) is 4.97. The summed E-state index contributed by atoms with van der Waals surface area (Å²) in [7, 11) is -3.47. The van der Waals surface area contributed by atoms with Gasteiger partial charge in [-0.3, -0.25) is 0 Å². The van der Waals surface area contributed by atoms with Crippen molar-refractivity contribution in [3.8, 4) is 6.07 Å². The van der Waals surface area contributed by atoms with E-state index in [0.717, 1.165) is 24.8 Å². The second-order valence-electron chi connectivity index (χ2n) is 5.35. The van der Waals surface area contributed by atoms with E-state index in [2.05, 4.69) is 11.6 Å². The third-order valence-electron chi connectivity index (χ3n) is 3.36. The third kappa shape index (κ3) is 6.28. The average molecular weight is 308 g/mol. The maximum absolute atomic E-state index is 12.2. The highest BCUT2D eigenvalue weighted by Crippen LogP contribution is 2.13. The Morgan fingerprint density at radius 1 is 1.19 bits per heavy atom. The number of sulfonamides is 1. The number of nitrogens with zero attached hydrogens (tertiary/aromatic N) is 1. The van der Waals surface area contributed by atoms with E-state index in [-0.39, 0.29) is 10.9 Å². The zero-order valence-electron chi connectivity index (χ0n) is 12.8. The van der Waals surface area contributed by atoms with Gasteiger partial charge in [0.2, 0.25) is 10.0 Å². The molecular weight excluding hydrogens is 284 g/mol. The molecule has 0 radical (unpaired) electrons. The largest absolute Gasteiger partial charge is 0.240 e. The molecule has 4 nitrogen and oxygen atoms in total. The summed E-state index contributed by atoms with van der Waals surface area (Å²) in [4.78, 5) is 0.254. The number of hydrogen-bond donors (Lipinski definition) is 1. The Labute approximate surface area is 128 Å². The molecule has 5 heteroatoms. The second kappa shape index (κ2) is 8.81. The number of rotatable bonds is 9. The van der Waals surface area contributed by atoms with Gasteiger partial charge in [0, 0.05) is 6.04 Å². The number of nitrogens with one attached hydrogen (secondary N) is 1. The van der Waals surface area contributed by atoms with Crippen LogP contribution in [0.15, 0.2) is 29.2 Å². The van der Waals surface area contributed by atoms with Gasteiger partial charge < -0.3 is 0 Å². The molecule has 1 atom stereocenters. The van der Waals surface area contributed by atoms with Crippen LogP contribution in [0.2, 0.25) is 0 Å². The second-order valence-corrected chi connectivity index (χ2v) is 7.06. The molecule has 1 rings (SSSR count). The van der Waals surface area contributed by atoms with Gasteiger partial charge in [-0.1, -0.05) is 44.7 Å². The van der Waals surface area contributed by atoms with Gasteiger partial charge in [0.05, 0.1) is 17.4 Å². The minimum atomic E-state index is -3.47. The van der Waals surface area contributed by atoms with E-state index in [1.807, 2.05) is 13.0 Å². The predicted octanol–water partition coefficient (Wildman–Crippen LogP) is 3.39. The fourth-order valence-electron chi connectivity index (χ4n) is 2.15. The lowest BCUT2D eigenvalue weighted by Gasteiger charge is -2.14. The van der Waals surface area contributed by atoms with Crippen LogP contribution < -0.4 is 4.72 Å². The van der Waals surface area contributed by atoms with Crippen molar-refractivity contribution >= 4 is 10.0 Å². The monoisotopic (exact) mass is 308 g/mol. The summed E-state index contributed by atoms with van der Waals surface area (Å²) in [6.07, 6.45) is 5.70. The summed E-state index contributed by atoms with van der Waals surface area (Å²) in [5.74, 6) is 0. The number of benzene rings is 1. The summed E-state index contributed by atoms with van der Waals surface area (Å²) in [6, 6.07) is 8.46. The molecule has 0 heterocycles. The molecule has 0 amide bonds. The fraction of sp³-hybridized carbons (Fsp3) is 0.562. The Bertz CT molecular complexity index is 559. The predicted molar refractivity (Wildman–Crippen MR) is 84.3 cm³/mol. The van der Waals surface area contributed by atoms with Gasteiger partial charge in [-0.15, -0.1) is 0 Å². The van der Waals surface area contributed by atoms with Gasteiger partial charge in [0.15, 0.2) is 0 Å². The first-order valence-corrected chi connectivity index (χ1v) is 8.96. The Balaban J connectivity index is 2.58. The van der Waals surface area contributed by atoms with Crippen molar-refractivity contribution < 1.29 is 8.42 Å². The summed E-state index contributed by atoms with van der Waals surface area (Å²) in [5.41, 5.74) is 0.823. The molecule has 1 unspecified atom stereocenters. The summed E-state index contributed by atoms with van der Waals surface area (Å²) < 4.78 is 27.2. The van der Waals surface area contributed by atoms with Crippen LogP contribution in [-0.2, 0) is 16.4 Å². The van der Waals surface area contributed by atoms with Crippen LogP contribution >= 0.6 is 0 Å². The van der Waals surface area contributed by atoms with Crippen molar-refractivity contribution in [2.75, 3.05) is 0 Å². The van der Waals surface area contributed by atoms with Crippen molar-refractivity contribution in [2.24, 2.45) is 0 Å². The van der Waals surface area contributed by atoms with Gasteiger partial charge in [-0.05, 0) is 31.0 Å². The summed E-state index contributed by atoms with van der Waals surface area (Å²) >= 11 is 0. The van der Waals surface area contributed by atoms with E-state index in [1.165, 1.54) is 12.8 Å². The molecule has 0 fully saturated rings. The number of unbranched alkanes of at least 4 members (excludes halogenated alkanes) is 3. The van der Waals surface area contributed by atoms with Crippen LogP contribution in [0.25, 0.3) is 0 Å². The lowest BCUT2D eigenvalue weighted by Crippen LogP contribution is -2.32. The van der Waals surface area contributed by atoms with Gasteiger partial charge in [-0.2, -0.15) is 5.26 Å². The van der Waals surface area contributed by atoms with Crippen molar-refractivity contribution in [1.82, 2.24) is 4.72 Å². The van der Waals surface area contributed by atoms with Gasteiger partial charge in [-0.25, -0.2) is 13.1 Å². The van der Waals surface area contributed by atoms with Crippen LogP contribution in [0.5, 0.6) is 0 Å². The molecule has 1 aromatic carbocycles. The zero-order valence-corrected chi connectivity index (χ0v) is 13.6. The molecule has 0 spiro atoms. The smallest absolute Gasteiger partial charge is 0.208 e. The molecule has 116 valence electrons. The number of nitriles is 1. The molecule has 0 aliphatic carbocycles. The molecule has 1 aromatic rings. The van der Waals surface area contributed by atoms with Crippen LogP contribution in [-0.4, -0.2) is 14.5 Å². The topological polar surface area (TPSA) is 70.0 Å². The Morgan fingerprint density at radius 2 is 1.86 bits per heavy atom. The molecule has 0 aromatic heterocycles. The van der Waals surface area contributed by atoms with E-state index in [1.54, 1.807) is 24.3 Å². The minimum absolute atomic E-state index is 0.0642. The van der Waals surface area contributed by atoms with Gasteiger partial charge >= 0.3 is 0 Å². The first kappa shape index (κ1) is 17.7. The minimum Gasteiger partial charge on any atom is -0.208 e. The normalized spacial score (nSPS) is 12.8. The van der Waals surface area contributed by atoms with E-state index >= 15 is 0 Å². The SMILES string of the molecule is CCCCCCC(C)NS(=O)(=O)c1ccc(CC#N)cc1. The Hall–Kier alpha value is -1.38. The maximum Gasteiger partial charge on any atom is 0.240 e. The molecule has 21 heavy (non-hydrogen) atoms. The molecule has 0 bridgehead atoms. The Kier molecular flexibility index (Phi) is 7.41. The van der Waals surface area contributed by atoms with Crippen LogP contribution in [0.3, 0.4) is 0 Å². The summed E-state index contributed by atoms with van der Waals surface area (Å²) in [5, 5.41) is 8.61. The van der Waals surface area contributed by atoms with Crippen LogP contribution in [0.4, 0.5) is 0 Å². The highest BCUT2D eigenvalue weighted by molar-refractivity contribution is 7.89. The maximum atomic E-state index is 12.2. The van der Waals surface area contributed by atoms with E-state index in [4.69, 9.17) is 5.26 Å². The van der Waals surface area contributed by atoms with E-state index < -0.39 is 10.0 Å². The highest BCUT2D eigenvalue weighted by atomic mass is 32.2. The molecular formula is C16H24N2O2S. The molecule has 0 aliphatic heterocycles. The molecule has 1 N–H and O–H groups in total. The highest BCUT2D eigenvalue weighted by Gasteiger charge is 2.16. The lowest BCUT2D eigenvalue weighted by atomic mass is 10.1. The van der Waals surface area contributed by atoms with Crippen LogP contribution in [0.1, 0.15) is 51.5 Å². The van der Waals surface area contributed by atoms with Crippen molar-refractivity contribution in [3.05, 3.63) is 29.8 Å². The van der Waals surface area contributed by atoms with Crippen molar-refractivity contribution in [3.63, 3.8) is 0 Å². The molecule has 0 saturated carbocycles. The Morgan fingerprint density at radius 3 is 2.43 bits per heavy atom. The quantitative estimate of drug-likeness (QED) is 0.711. The standard InChI is InChI=1S/C16H24N2O2S/c1-3-4-5-6-7-14(2)18-21(19,20)16-10-8-15(9-11-16)12-13-17/h8-11,14,18H,3-7,12H2,1-2H3. The van der Waals surface area contributed by atoms with Crippen LogP contribution in [0, 0.1) is 11.3 Å². The van der Waals surface area contributed by atoms with E-state index in [0.29, 0.717) is 6.42 Å². The summed E-state index contributed by atoms with van der Waals surface area (Å²) in [6.45, 7) is 4.05. The van der Waals surface area contributed by atoms with Crippen molar-refractivity contribution in [1.29, 1.82) is 5.26 Å². The van der Waals surface area contributed by atoms with Gasteiger partial charge in [0.25, 0.3) is 0 Å². The zero-order chi connectivity index (χ0) is 15.7. The number of hydrogen-bond acceptors (Lipinski definition) is 3. The first-order valence-electron chi connectivity index (χ1n) is 7.48. The van der Waals surface area contributed by atoms with Gasteiger partial charge in [0.1, 0.15) is 0 Å². The van der Waals surface area contributed by atoms with Crippen molar-refractivity contribution in [2.45, 2.75) is 63.3 Å². The molecule has 0 saturated heterocycles. The lowest BCUT2D eigenvalue weighted by molar-refractivity contribution is 0.522. The first-order chi connectivity index (χ1) is 9.99. The average Bonchev–Trinajstić information content (AvgIpc) is 2.44.